The Labute approximate surface area is 103 Å². The number of hydrogen-bond donors (Lipinski definition) is 1. The second-order valence-corrected chi connectivity index (χ2v) is 5.32. The van der Waals surface area contributed by atoms with Gasteiger partial charge in [0.1, 0.15) is 5.75 Å². The second-order valence-electron chi connectivity index (χ2n) is 5.32. The first kappa shape index (κ1) is 11.7. The molecule has 1 N–H and O–H groups in total. The molecule has 0 saturated heterocycles. The van der Waals surface area contributed by atoms with Gasteiger partial charge in [0.15, 0.2) is 0 Å². The lowest BCUT2D eigenvalue weighted by atomic mass is 9.84. The summed E-state index contributed by atoms with van der Waals surface area (Å²) in [4.78, 5) is 0. The fraction of sp³-hybridized carbons (Fsp3) is 0.250. The standard InChI is InChI=1S/C16H18O/c1-16(2,3)14-11-7-10-13(15(14)17)12-8-5-4-6-9-12/h4-11,17H,1-3H3. The molecule has 0 spiro atoms. The van der Waals surface area contributed by atoms with Crippen molar-refractivity contribution in [3.8, 4) is 16.9 Å². The molecule has 0 fully saturated rings. The van der Waals surface area contributed by atoms with Gasteiger partial charge in [0.25, 0.3) is 0 Å². The van der Waals surface area contributed by atoms with Crippen molar-refractivity contribution in [2.24, 2.45) is 0 Å². The molecule has 0 aliphatic carbocycles. The molecule has 0 bridgehead atoms. The molecule has 1 heteroatoms. The van der Waals surface area contributed by atoms with E-state index in [9.17, 15) is 5.11 Å². The van der Waals surface area contributed by atoms with Crippen molar-refractivity contribution in [1.82, 2.24) is 0 Å². The van der Waals surface area contributed by atoms with Crippen molar-refractivity contribution in [3.63, 3.8) is 0 Å². The summed E-state index contributed by atoms with van der Waals surface area (Å²) in [5, 5.41) is 10.4. The summed E-state index contributed by atoms with van der Waals surface area (Å²) in [5.41, 5.74) is 2.89. The number of rotatable bonds is 1. The molecule has 0 unspecified atom stereocenters. The van der Waals surface area contributed by atoms with Gasteiger partial charge in [-0.05, 0) is 16.5 Å². The van der Waals surface area contributed by atoms with Crippen molar-refractivity contribution in [3.05, 3.63) is 54.1 Å². The van der Waals surface area contributed by atoms with Crippen LogP contribution in [0.2, 0.25) is 0 Å². The topological polar surface area (TPSA) is 20.2 Å². The molecule has 1 nitrogen and oxygen atoms in total. The fourth-order valence-corrected chi connectivity index (χ4v) is 2.00. The largest absolute Gasteiger partial charge is 0.507 e. The molecule has 0 radical (unpaired) electrons. The van der Waals surface area contributed by atoms with E-state index in [1.807, 2.05) is 48.5 Å². The van der Waals surface area contributed by atoms with Gasteiger partial charge in [-0.3, -0.25) is 0 Å². The predicted octanol–water partition coefficient (Wildman–Crippen LogP) is 4.36. The zero-order valence-corrected chi connectivity index (χ0v) is 10.6. The quantitative estimate of drug-likeness (QED) is 0.766. The smallest absolute Gasteiger partial charge is 0.127 e. The number of aromatic hydroxyl groups is 1. The third kappa shape index (κ3) is 2.33. The lowest BCUT2D eigenvalue weighted by molar-refractivity contribution is 0.448. The molecular formula is C16H18O. The third-order valence-electron chi connectivity index (χ3n) is 2.93. The Morgan fingerprint density at radius 3 is 2.06 bits per heavy atom. The minimum atomic E-state index is -0.0468. The number of phenols is 1. The van der Waals surface area contributed by atoms with Crippen LogP contribution in [0.5, 0.6) is 5.75 Å². The molecule has 0 aromatic heterocycles. The first-order chi connectivity index (χ1) is 8.00. The summed E-state index contributed by atoms with van der Waals surface area (Å²) in [5.74, 6) is 0.395. The number of hydrogen-bond acceptors (Lipinski definition) is 1. The number of benzene rings is 2. The van der Waals surface area contributed by atoms with Crippen LogP contribution in [0.4, 0.5) is 0 Å². The monoisotopic (exact) mass is 226 g/mol. The third-order valence-corrected chi connectivity index (χ3v) is 2.93. The van der Waals surface area contributed by atoms with Crippen molar-refractivity contribution in [2.75, 3.05) is 0 Å². The summed E-state index contributed by atoms with van der Waals surface area (Å²) in [6.45, 7) is 6.32. The maximum Gasteiger partial charge on any atom is 0.127 e. The number of para-hydroxylation sites is 1. The average Bonchev–Trinajstić information content (AvgIpc) is 2.29. The minimum absolute atomic E-state index is 0.0468. The van der Waals surface area contributed by atoms with Crippen LogP contribution in [-0.4, -0.2) is 5.11 Å². The second kappa shape index (κ2) is 4.25. The van der Waals surface area contributed by atoms with Crippen molar-refractivity contribution >= 4 is 0 Å². The summed E-state index contributed by atoms with van der Waals surface area (Å²) in [7, 11) is 0. The van der Waals surface area contributed by atoms with Gasteiger partial charge in [-0.1, -0.05) is 69.3 Å². The normalized spacial score (nSPS) is 11.5. The molecule has 0 heterocycles. The van der Waals surface area contributed by atoms with Crippen LogP contribution in [0, 0.1) is 0 Å². The van der Waals surface area contributed by atoms with E-state index in [2.05, 4.69) is 20.8 Å². The Balaban J connectivity index is 2.58. The van der Waals surface area contributed by atoms with Crippen molar-refractivity contribution < 1.29 is 5.11 Å². The fourth-order valence-electron chi connectivity index (χ4n) is 2.00. The molecule has 0 aliphatic heterocycles. The van der Waals surface area contributed by atoms with Crippen LogP contribution in [0.1, 0.15) is 26.3 Å². The highest BCUT2D eigenvalue weighted by Gasteiger charge is 2.19. The van der Waals surface area contributed by atoms with E-state index in [1.165, 1.54) is 0 Å². The molecule has 0 aliphatic rings. The summed E-state index contributed by atoms with van der Waals surface area (Å²) in [6.07, 6.45) is 0. The van der Waals surface area contributed by atoms with E-state index in [1.54, 1.807) is 0 Å². The maximum atomic E-state index is 10.4. The van der Waals surface area contributed by atoms with Gasteiger partial charge >= 0.3 is 0 Å². The van der Waals surface area contributed by atoms with Gasteiger partial charge in [-0.15, -0.1) is 0 Å². The van der Waals surface area contributed by atoms with Crippen LogP contribution in [0.25, 0.3) is 11.1 Å². The molecule has 88 valence electrons. The molecule has 2 aromatic rings. The van der Waals surface area contributed by atoms with Gasteiger partial charge < -0.3 is 5.11 Å². The molecule has 2 aromatic carbocycles. The first-order valence-corrected chi connectivity index (χ1v) is 5.88. The summed E-state index contributed by atoms with van der Waals surface area (Å²) in [6, 6.07) is 15.9. The Bertz CT molecular complexity index is 507. The van der Waals surface area contributed by atoms with E-state index < -0.39 is 0 Å². The number of phenolic OH excluding ortho intramolecular Hbond substituents is 1. The first-order valence-electron chi connectivity index (χ1n) is 5.88. The molecule has 17 heavy (non-hydrogen) atoms. The van der Waals surface area contributed by atoms with Crippen LogP contribution in [0.15, 0.2) is 48.5 Å². The Hall–Kier alpha value is -1.76. The van der Waals surface area contributed by atoms with Gasteiger partial charge in [0, 0.05) is 5.56 Å². The van der Waals surface area contributed by atoms with E-state index >= 15 is 0 Å². The van der Waals surface area contributed by atoms with Gasteiger partial charge in [0.2, 0.25) is 0 Å². The van der Waals surface area contributed by atoms with Gasteiger partial charge in [-0.2, -0.15) is 0 Å². The van der Waals surface area contributed by atoms with Gasteiger partial charge in [0.05, 0.1) is 0 Å². The van der Waals surface area contributed by atoms with Crippen LogP contribution in [0.3, 0.4) is 0 Å². The summed E-state index contributed by atoms with van der Waals surface area (Å²) < 4.78 is 0. The molecule has 2 rings (SSSR count). The zero-order chi connectivity index (χ0) is 12.5. The zero-order valence-electron chi connectivity index (χ0n) is 10.6. The van der Waals surface area contributed by atoms with E-state index in [-0.39, 0.29) is 5.41 Å². The predicted molar refractivity (Wildman–Crippen MR) is 72.2 cm³/mol. The average molecular weight is 226 g/mol. The lowest BCUT2D eigenvalue weighted by Crippen LogP contribution is -2.11. The molecule has 0 saturated carbocycles. The molecular weight excluding hydrogens is 208 g/mol. The van der Waals surface area contributed by atoms with Gasteiger partial charge in [-0.25, -0.2) is 0 Å². The highest BCUT2D eigenvalue weighted by atomic mass is 16.3. The highest BCUT2D eigenvalue weighted by molar-refractivity contribution is 5.72. The Kier molecular flexibility index (Phi) is 2.93. The van der Waals surface area contributed by atoms with Crippen molar-refractivity contribution in [1.29, 1.82) is 0 Å². The molecule has 0 amide bonds. The highest BCUT2D eigenvalue weighted by Crippen LogP contribution is 2.37. The van der Waals surface area contributed by atoms with Crippen LogP contribution in [-0.2, 0) is 5.41 Å². The summed E-state index contributed by atoms with van der Waals surface area (Å²) >= 11 is 0. The Morgan fingerprint density at radius 1 is 0.824 bits per heavy atom. The van der Waals surface area contributed by atoms with E-state index in [0.717, 1.165) is 16.7 Å². The molecule has 0 atom stereocenters. The van der Waals surface area contributed by atoms with Crippen molar-refractivity contribution in [2.45, 2.75) is 26.2 Å². The maximum absolute atomic E-state index is 10.4. The lowest BCUT2D eigenvalue weighted by Gasteiger charge is -2.21. The van der Waals surface area contributed by atoms with E-state index in [4.69, 9.17) is 0 Å². The van der Waals surface area contributed by atoms with E-state index in [0.29, 0.717) is 5.75 Å². The van der Waals surface area contributed by atoms with Crippen LogP contribution >= 0.6 is 0 Å². The Morgan fingerprint density at radius 2 is 1.47 bits per heavy atom. The van der Waals surface area contributed by atoms with Crippen LogP contribution < -0.4 is 0 Å². The minimum Gasteiger partial charge on any atom is -0.507 e. The SMILES string of the molecule is CC(C)(C)c1cccc(-c2ccccc2)c1O.